The van der Waals surface area contributed by atoms with Crippen molar-refractivity contribution >= 4 is 0 Å². The summed E-state index contributed by atoms with van der Waals surface area (Å²) in [4.78, 5) is 4.32. The molecule has 66 valence electrons. The normalized spacial score (nSPS) is 14.2. The molecule has 0 radical (unpaired) electrons. The van der Waals surface area contributed by atoms with Crippen molar-refractivity contribution in [1.82, 2.24) is 4.98 Å². The lowest BCUT2D eigenvalue weighted by atomic mass is 9.96. The van der Waals surface area contributed by atoms with Gasteiger partial charge in [-0.05, 0) is 37.3 Å². The Morgan fingerprint density at radius 2 is 1.92 bits per heavy atom. The molecule has 0 amide bonds. The van der Waals surface area contributed by atoms with E-state index >= 15 is 0 Å². The van der Waals surface area contributed by atoms with E-state index in [-0.39, 0.29) is 0 Å². The van der Waals surface area contributed by atoms with Crippen LogP contribution in [0.1, 0.15) is 37.9 Å². The Bertz CT molecular complexity index is 205. The van der Waals surface area contributed by atoms with E-state index < -0.39 is 0 Å². The van der Waals surface area contributed by atoms with Crippen LogP contribution in [0, 0.1) is 0 Å². The highest BCUT2D eigenvalue weighted by Crippen LogP contribution is 2.17. The van der Waals surface area contributed by atoms with E-state index in [9.17, 15) is 0 Å². The maximum Gasteiger partial charge on any atom is 0.0435 e. The van der Waals surface area contributed by atoms with Gasteiger partial charge >= 0.3 is 0 Å². The van der Waals surface area contributed by atoms with Gasteiger partial charge in [0.2, 0.25) is 0 Å². The summed E-state index contributed by atoms with van der Waals surface area (Å²) in [5.41, 5.74) is 2.79. The topological polar surface area (TPSA) is 12.9 Å². The van der Waals surface area contributed by atoms with Crippen LogP contribution in [0.3, 0.4) is 0 Å². The van der Waals surface area contributed by atoms with E-state index in [0.29, 0.717) is 0 Å². The average molecular weight is 163 g/mol. The van der Waals surface area contributed by atoms with Gasteiger partial charge < -0.3 is 0 Å². The Morgan fingerprint density at radius 1 is 1.17 bits per heavy atom. The Kier molecular flexibility index (Phi) is 3.78. The first kappa shape index (κ1) is 9.24. The molecule has 0 spiro atoms. The van der Waals surface area contributed by atoms with Gasteiger partial charge in [-0.25, -0.2) is 0 Å². The molecular formula is C11H17N. The monoisotopic (exact) mass is 163 g/mol. The van der Waals surface area contributed by atoms with Crippen molar-refractivity contribution in [1.29, 1.82) is 0 Å². The van der Waals surface area contributed by atoms with E-state index in [4.69, 9.17) is 0 Å². The molecule has 0 saturated carbocycles. The van der Waals surface area contributed by atoms with Crippen molar-refractivity contribution in [3.05, 3.63) is 29.6 Å². The lowest BCUT2D eigenvalue weighted by Gasteiger charge is -2.12. The van der Waals surface area contributed by atoms with Gasteiger partial charge in [0.25, 0.3) is 0 Å². The summed E-state index contributed by atoms with van der Waals surface area (Å²) in [6.07, 6.45) is 6.99. The van der Waals surface area contributed by atoms with Crippen LogP contribution in [0.2, 0.25) is 0 Å². The molecule has 0 atom stereocenters. The van der Waals surface area contributed by atoms with Crippen molar-refractivity contribution in [2.24, 2.45) is 0 Å². The highest BCUT2D eigenvalue weighted by molar-refractivity contribution is 5.21. The molecule has 2 rings (SSSR count). The van der Waals surface area contributed by atoms with Crippen LogP contribution in [0.5, 0.6) is 0 Å². The molecule has 1 aliphatic rings. The third-order valence-corrected chi connectivity index (χ3v) is 2.09. The predicted octanol–water partition coefficient (Wildman–Crippen LogP) is 2.99. The first-order chi connectivity index (χ1) is 5.97. The van der Waals surface area contributed by atoms with Gasteiger partial charge in [0.05, 0.1) is 0 Å². The molecule has 0 aromatic carbocycles. The number of pyridine rings is 1. The quantitative estimate of drug-likeness (QED) is 0.573. The van der Waals surface area contributed by atoms with Gasteiger partial charge in [-0.15, -0.1) is 0 Å². The Labute approximate surface area is 74.8 Å². The second-order valence-corrected chi connectivity index (χ2v) is 2.82. The summed E-state index contributed by atoms with van der Waals surface area (Å²) in [6.45, 7) is 4.00. The molecule has 0 fully saturated rings. The Hall–Kier alpha value is -0.850. The number of fused-ring (bicyclic) bond motifs is 1. The van der Waals surface area contributed by atoms with E-state index in [1.54, 1.807) is 0 Å². The zero-order chi connectivity index (χ0) is 8.81. The van der Waals surface area contributed by atoms with E-state index in [0.717, 1.165) is 0 Å². The largest absolute Gasteiger partial charge is 0.261 e. The minimum Gasteiger partial charge on any atom is -0.261 e. The Morgan fingerprint density at radius 3 is 2.67 bits per heavy atom. The van der Waals surface area contributed by atoms with Crippen LogP contribution in [-0.4, -0.2) is 4.98 Å². The van der Waals surface area contributed by atoms with Crippen LogP contribution in [0.4, 0.5) is 0 Å². The lowest BCUT2D eigenvalue weighted by molar-refractivity contribution is 0.668. The van der Waals surface area contributed by atoms with Gasteiger partial charge in [-0.3, -0.25) is 4.98 Å². The SMILES string of the molecule is CC.c1cnc2c(c1)CCCC2. The summed E-state index contributed by atoms with van der Waals surface area (Å²) in [5.74, 6) is 0. The molecule has 0 N–H and O–H groups in total. The fourth-order valence-electron chi connectivity index (χ4n) is 1.53. The summed E-state index contributed by atoms with van der Waals surface area (Å²) in [7, 11) is 0. The molecular weight excluding hydrogens is 146 g/mol. The molecule has 12 heavy (non-hydrogen) atoms. The fraction of sp³-hybridized carbons (Fsp3) is 0.545. The summed E-state index contributed by atoms with van der Waals surface area (Å²) in [6, 6.07) is 4.23. The first-order valence-electron chi connectivity index (χ1n) is 4.89. The number of nitrogens with zero attached hydrogens (tertiary/aromatic N) is 1. The fourth-order valence-corrected chi connectivity index (χ4v) is 1.53. The number of hydrogen-bond acceptors (Lipinski definition) is 1. The maximum atomic E-state index is 4.32. The number of aryl methyl sites for hydroxylation is 2. The van der Waals surface area contributed by atoms with Crippen molar-refractivity contribution in [3.63, 3.8) is 0 Å². The van der Waals surface area contributed by atoms with Crippen LogP contribution >= 0.6 is 0 Å². The standard InChI is InChI=1S/C9H11N.C2H6/c1-2-6-9-8(4-1)5-3-7-10-9;1-2/h3,5,7H,1-2,4,6H2;1-2H3. The van der Waals surface area contributed by atoms with Crippen molar-refractivity contribution in [2.45, 2.75) is 39.5 Å². The molecule has 0 bridgehead atoms. The average Bonchev–Trinajstić information content (AvgIpc) is 2.21. The van der Waals surface area contributed by atoms with Gasteiger partial charge in [-0.2, -0.15) is 0 Å². The molecule has 1 aromatic rings. The minimum absolute atomic E-state index is 1.19. The van der Waals surface area contributed by atoms with E-state index in [1.807, 2.05) is 26.1 Å². The zero-order valence-corrected chi connectivity index (χ0v) is 8.01. The third kappa shape index (κ3) is 2.07. The summed E-state index contributed by atoms with van der Waals surface area (Å²) < 4.78 is 0. The summed E-state index contributed by atoms with van der Waals surface area (Å²) in [5, 5.41) is 0. The van der Waals surface area contributed by atoms with Crippen LogP contribution in [-0.2, 0) is 12.8 Å². The predicted molar refractivity (Wildman–Crippen MR) is 52.2 cm³/mol. The molecule has 1 heterocycles. The first-order valence-corrected chi connectivity index (χ1v) is 4.89. The summed E-state index contributed by atoms with van der Waals surface area (Å²) >= 11 is 0. The molecule has 1 heteroatoms. The highest BCUT2D eigenvalue weighted by Gasteiger charge is 2.07. The molecule has 0 aliphatic heterocycles. The van der Waals surface area contributed by atoms with Crippen molar-refractivity contribution in [2.75, 3.05) is 0 Å². The van der Waals surface area contributed by atoms with Gasteiger partial charge in [0.15, 0.2) is 0 Å². The van der Waals surface area contributed by atoms with E-state index in [2.05, 4.69) is 11.1 Å². The maximum absolute atomic E-state index is 4.32. The second kappa shape index (κ2) is 4.91. The molecule has 0 unspecified atom stereocenters. The second-order valence-electron chi connectivity index (χ2n) is 2.82. The molecule has 1 nitrogen and oxygen atoms in total. The molecule has 1 aliphatic carbocycles. The molecule has 0 saturated heterocycles. The highest BCUT2D eigenvalue weighted by atomic mass is 14.7. The minimum atomic E-state index is 1.19. The van der Waals surface area contributed by atoms with E-state index in [1.165, 1.54) is 36.9 Å². The number of rotatable bonds is 0. The van der Waals surface area contributed by atoms with Gasteiger partial charge in [-0.1, -0.05) is 19.9 Å². The van der Waals surface area contributed by atoms with Crippen molar-refractivity contribution < 1.29 is 0 Å². The van der Waals surface area contributed by atoms with Crippen LogP contribution < -0.4 is 0 Å². The zero-order valence-electron chi connectivity index (χ0n) is 8.01. The number of aromatic nitrogens is 1. The molecule has 1 aromatic heterocycles. The van der Waals surface area contributed by atoms with Gasteiger partial charge in [0.1, 0.15) is 0 Å². The van der Waals surface area contributed by atoms with Gasteiger partial charge in [0, 0.05) is 11.9 Å². The smallest absolute Gasteiger partial charge is 0.0435 e. The van der Waals surface area contributed by atoms with Crippen LogP contribution in [0.25, 0.3) is 0 Å². The van der Waals surface area contributed by atoms with Crippen molar-refractivity contribution in [3.8, 4) is 0 Å². The number of hydrogen-bond donors (Lipinski definition) is 0. The van der Waals surface area contributed by atoms with Crippen LogP contribution in [0.15, 0.2) is 18.3 Å². The lowest BCUT2D eigenvalue weighted by Crippen LogP contribution is -2.03. The third-order valence-electron chi connectivity index (χ3n) is 2.09. The Balaban J connectivity index is 0.000000336.